The molecule has 20 heavy (non-hydrogen) atoms. The summed E-state index contributed by atoms with van der Waals surface area (Å²) in [7, 11) is 0.824. The fourth-order valence-electron chi connectivity index (χ4n) is 1.51. The zero-order valence-electron chi connectivity index (χ0n) is 10.4. The summed E-state index contributed by atoms with van der Waals surface area (Å²) < 4.78 is 72.9. The summed E-state index contributed by atoms with van der Waals surface area (Å²) >= 11 is 0. The molecule has 0 saturated heterocycles. The van der Waals surface area contributed by atoms with Gasteiger partial charge in [0.05, 0.1) is 19.3 Å². The number of carbonyl (C=O) groups excluding carboxylic acids is 1. The molecule has 1 aromatic rings. The summed E-state index contributed by atoms with van der Waals surface area (Å²) in [6.07, 6.45) is -8.24. The van der Waals surface area contributed by atoms with Crippen LogP contribution < -0.4 is 4.74 Å². The number of ether oxygens (including phenoxy) is 2. The third kappa shape index (κ3) is 3.14. The fourth-order valence-corrected chi connectivity index (χ4v) is 1.51. The lowest BCUT2D eigenvalue weighted by molar-refractivity contribution is -0.140. The molecular formula is C11H10F5NO3. The minimum absolute atomic E-state index is 0.110. The van der Waals surface area contributed by atoms with Gasteiger partial charge in [0.1, 0.15) is 5.56 Å². The molecule has 0 unspecified atom stereocenters. The number of rotatable bonds is 4. The van der Waals surface area contributed by atoms with Crippen molar-refractivity contribution in [2.24, 2.45) is 0 Å². The average molecular weight is 299 g/mol. The lowest BCUT2D eigenvalue weighted by Crippen LogP contribution is -2.17. The van der Waals surface area contributed by atoms with Gasteiger partial charge in [-0.25, -0.2) is 18.6 Å². The van der Waals surface area contributed by atoms with Crippen LogP contribution in [0.5, 0.6) is 5.75 Å². The van der Waals surface area contributed by atoms with Gasteiger partial charge in [0.15, 0.2) is 11.4 Å². The van der Waals surface area contributed by atoms with Crippen LogP contribution in [0.15, 0.2) is 6.20 Å². The predicted molar refractivity (Wildman–Crippen MR) is 56.7 cm³/mol. The van der Waals surface area contributed by atoms with Gasteiger partial charge in [0.25, 0.3) is 6.43 Å². The molecule has 0 radical (unpaired) electrons. The number of halogens is 5. The van der Waals surface area contributed by atoms with Gasteiger partial charge in [0.2, 0.25) is 0 Å². The number of nitrogens with zero attached hydrogens (tertiary/aromatic N) is 1. The second-order valence-electron chi connectivity index (χ2n) is 3.49. The summed E-state index contributed by atoms with van der Waals surface area (Å²) in [6.45, 7) is 1.32. The minimum Gasteiger partial charge on any atom is -0.494 e. The zero-order valence-corrected chi connectivity index (χ0v) is 10.4. The Bertz CT molecular complexity index is 502. The van der Waals surface area contributed by atoms with E-state index in [1.54, 1.807) is 0 Å². The standard InChI is InChI=1S/C11H10F5NO3/c1-3-20-10(18)7-8(19-2)6(11(14,15)16)5(4-17-7)9(12)13/h4,9H,3H2,1-2H3. The SMILES string of the molecule is CCOC(=O)c1ncc(C(F)F)c(C(F)(F)F)c1OC. The molecule has 0 N–H and O–H groups in total. The molecule has 0 saturated carbocycles. The molecular weight excluding hydrogens is 289 g/mol. The van der Waals surface area contributed by atoms with Crippen LogP contribution in [0, 0.1) is 0 Å². The number of aromatic nitrogens is 1. The van der Waals surface area contributed by atoms with Gasteiger partial charge >= 0.3 is 12.1 Å². The van der Waals surface area contributed by atoms with Crippen LogP contribution >= 0.6 is 0 Å². The number of carbonyl (C=O) groups is 1. The van der Waals surface area contributed by atoms with Crippen LogP contribution in [0.1, 0.15) is 35.0 Å². The average Bonchev–Trinajstić information content (AvgIpc) is 2.35. The smallest absolute Gasteiger partial charge is 0.420 e. The topological polar surface area (TPSA) is 48.4 Å². The Labute approximate surface area is 110 Å². The van der Waals surface area contributed by atoms with Crippen molar-refractivity contribution in [2.45, 2.75) is 19.5 Å². The second kappa shape index (κ2) is 6.02. The summed E-state index contributed by atoms with van der Waals surface area (Å²) in [5, 5.41) is 0. The second-order valence-corrected chi connectivity index (χ2v) is 3.49. The lowest BCUT2D eigenvalue weighted by atomic mass is 10.1. The lowest BCUT2D eigenvalue weighted by Gasteiger charge is -2.17. The highest BCUT2D eigenvalue weighted by molar-refractivity contribution is 5.91. The molecule has 1 rings (SSSR count). The van der Waals surface area contributed by atoms with E-state index in [2.05, 4.69) is 14.5 Å². The first-order chi connectivity index (χ1) is 9.23. The molecule has 0 aliphatic heterocycles. The Balaban J connectivity index is 3.57. The monoisotopic (exact) mass is 299 g/mol. The Kier molecular flexibility index (Phi) is 4.85. The normalized spacial score (nSPS) is 11.6. The van der Waals surface area contributed by atoms with E-state index in [0.29, 0.717) is 6.20 Å². The van der Waals surface area contributed by atoms with Gasteiger partial charge in [0, 0.05) is 6.20 Å². The molecule has 0 aromatic carbocycles. The Morgan fingerprint density at radius 3 is 2.40 bits per heavy atom. The number of methoxy groups -OCH3 is 1. The molecule has 4 nitrogen and oxygen atoms in total. The number of hydrogen-bond donors (Lipinski definition) is 0. The van der Waals surface area contributed by atoms with Gasteiger partial charge in [-0.05, 0) is 6.92 Å². The highest BCUT2D eigenvalue weighted by Gasteiger charge is 2.42. The maximum absolute atomic E-state index is 12.9. The highest BCUT2D eigenvalue weighted by atomic mass is 19.4. The van der Waals surface area contributed by atoms with E-state index in [9.17, 15) is 26.7 Å². The molecule has 0 bridgehead atoms. The maximum atomic E-state index is 12.9. The predicted octanol–water partition coefficient (Wildman–Crippen LogP) is 3.22. The molecule has 0 aliphatic rings. The third-order valence-electron chi connectivity index (χ3n) is 2.26. The van der Waals surface area contributed by atoms with E-state index in [4.69, 9.17) is 0 Å². The molecule has 0 amide bonds. The Morgan fingerprint density at radius 2 is 2.00 bits per heavy atom. The van der Waals surface area contributed by atoms with Crippen molar-refractivity contribution in [1.29, 1.82) is 0 Å². The fraction of sp³-hybridized carbons (Fsp3) is 0.455. The molecule has 112 valence electrons. The Morgan fingerprint density at radius 1 is 1.40 bits per heavy atom. The van der Waals surface area contributed by atoms with E-state index >= 15 is 0 Å². The van der Waals surface area contributed by atoms with E-state index in [-0.39, 0.29) is 6.61 Å². The minimum atomic E-state index is -5.12. The molecule has 0 fully saturated rings. The van der Waals surface area contributed by atoms with Crippen LogP contribution in [-0.4, -0.2) is 24.7 Å². The van der Waals surface area contributed by atoms with Crippen LogP contribution in [0.4, 0.5) is 22.0 Å². The summed E-state index contributed by atoms with van der Waals surface area (Å²) in [4.78, 5) is 14.7. The quantitative estimate of drug-likeness (QED) is 0.632. The highest BCUT2D eigenvalue weighted by Crippen LogP contribution is 2.43. The Hall–Kier alpha value is -1.93. The molecule has 0 spiro atoms. The van der Waals surface area contributed by atoms with Crippen molar-refractivity contribution in [3.63, 3.8) is 0 Å². The number of hydrogen-bond acceptors (Lipinski definition) is 4. The maximum Gasteiger partial charge on any atom is 0.420 e. The molecule has 1 heterocycles. The third-order valence-corrected chi connectivity index (χ3v) is 2.26. The van der Waals surface area contributed by atoms with E-state index in [1.807, 2.05) is 0 Å². The molecule has 1 aromatic heterocycles. The van der Waals surface area contributed by atoms with Gasteiger partial charge in [-0.15, -0.1) is 0 Å². The summed E-state index contributed by atoms with van der Waals surface area (Å²) in [5.74, 6) is -2.26. The van der Waals surface area contributed by atoms with Crippen LogP contribution in [0.25, 0.3) is 0 Å². The number of esters is 1. The molecule has 9 heteroatoms. The van der Waals surface area contributed by atoms with Crippen LogP contribution in [0.3, 0.4) is 0 Å². The van der Waals surface area contributed by atoms with E-state index in [0.717, 1.165) is 7.11 Å². The van der Waals surface area contributed by atoms with Crippen molar-refractivity contribution in [2.75, 3.05) is 13.7 Å². The first-order valence-electron chi connectivity index (χ1n) is 5.33. The van der Waals surface area contributed by atoms with Gasteiger partial charge in [-0.2, -0.15) is 13.2 Å². The first kappa shape index (κ1) is 16.1. The van der Waals surface area contributed by atoms with Crippen molar-refractivity contribution in [3.8, 4) is 5.75 Å². The molecule has 0 aliphatic carbocycles. The van der Waals surface area contributed by atoms with Gasteiger partial charge in [-0.3, -0.25) is 0 Å². The summed E-state index contributed by atoms with van der Waals surface area (Å²) in [5.41, 5.74) is -3.89. The summed E-state index contributed by atoms with van der Waals surface area (Å²) in [6, 6.07) is 0. The van der Waals surface area contributed by atoms with Gasteiger partial charge < -0.3 is 9.47 Å². The van der Waals surface area contributed by atoms with E-state index in [1.165, 1.54) is 6.92 Å². The number of alkyl halides is 5. The largest absolute Gasteiger partial charge is 0.494 e. The van der Waals surface area contributed by atoms with Crippen molar-refractivity contribution in [3.05, 3.63) is 23.0 Å². The molecule has 0 atom stereocenters. The van der Waals surface area contributed by atoms with Crippen LogP contribution in [0.2, 0.25) is 0 Å². The van der Waals surface area contributed by atoms with Crippen molar-refractivity contribution < 1.29 is 36.2 Å². The van der Waals surface area contributed by atoms with Crippen molar-refractivity contribution in [1.82, 2.24) is 4.98 Å². The first-order valence-corrected chi connectivity index (χ1v) is 5.33. The zero-order chi connectivity index (χ0) is 15.5. The van der Waals surface area contributed by atoms with Crippen LogP contribution in [-0.2, 0) is 10.9 Å². The number of pyridine rings is 1. The van der Waals surface area contributed by atoms with Gasteiger partial charge in [-0.1, -0.05) is 0 Å². The van der Waals surface area contributed by atoms with Crippen molar-refractivity contribution >= 4 is 5.97 Å². The van der Waals surface area contributed by atoms with E-state index < -0.39 is 41.1 Å².